The van der Waals surface area contributed by atoms with Gasteiger partial charge in [0.1, 0.15) is 6.04 Å². The van der Waals surface area contributed by atoms with Gasteiger partial charge in [-0.15, -0.1) is 0 Å². The first kappa shape index (κ1) is 14.4. The van der Waals surface area contributed by atoms with Crippen molar-refractivity contribution in [1.29, 1.82) is 0 Å². The summed E-state index contributed by atoms with van der Waals surface area (Å²) in [6, 6.07) is 7.24. The van der Waals surface area contributed by atoms with E-state index in [1.165, 1.54) is 0 Å². The maximum atomic E-state index is 12.2. The Labute approximate surface area is 119 Å². The maximum absolute atomic E-state index is 12.2. The number of benzene rings is 1. The Kier molecular flexibility index (Phi) is 3.97. The van der Waals surface area contributed by atoms with Crippen LogP contribution in [0.2, 0.25) is 0 Å². The summed E-state index contributed by atoms with van der Waals surface area (Å²) in [6.07, 6.45) is 0. The fourth-order valence-electron chi connectivity index (χ4n) is 2.44. The molecule has 1 aliphatic heterocycles. The molecule has 1 N–H and O–H groups in total. The van der Waals surface area contributed by atoms with Crippen LogP contribution in [-0.4, -0.2) is 38.5 Å². The predicted molar refractivity (Wildman–Crippen MR) is 79.9 cm³/mol. The molecule has 1 saturated heterocycles. The summed E-state index contributed by atoms with van der Waals surface area (Å²) in [5.74, 6) is -0.0926. The number of carbonyl (C=O) groups is 2. The molecule has 5 nitrogen and oxygen atoms in total. The highest BCUT2D eigenvalue weighted by Gasteiger charge is 2.37. The molecule has 1 heterocycles. The number of rotatable bonds is 3. The summed E-state index contributed by atoms with van der Waals surface area (Å²) in [7, 11) is 3.93. The summed E-state index contributed by atoms with van der Waals surface area (Å²) in [5.41, 5.74) is 1.83. The van der Waals surface area contributed by atoms with Crippen molar-refractivity contribution in [3.63, 3.8) is 0 Å². The highest BCUT2D eigenvalue weighted by atomic mass is 16.2. The average Bonchev–Trinajstić information content (AvgIpc) is 2.40. The molecule has 2 amide bonds. The van der Waals surface area contributed by atoms with Crippen molar-refractivity contribution in [2.75, 3.05) is 30.4 Å². The summed E-state index contributed by atoms with van der Waals surface area (Å²) < 4.78 is 0. The predicted octanol–water partition coefficient (Wildman–Crippen LogP) is 1.24. The van der Waals surface area contributed by atoms with Crippen LogP contribution in [0.3, 0.4) is 0 Å². The topological polar surface area (TPSA) is 52.7 Å². The quantitative estimate of drug-likeness (QED) is 0.903. The van der Waals surface area contributed by atoms with E-state index in [-0.39, 0.29) is 24.3 Å². The lowest BCUT2D eigenvalue weighted by atomic mass is 9.98. The van der Waals surface area contributed by atoms with Crippen LogP contribution in [0.4, 0.5) is 11.4 Å². The second-order valence-corrected chi connectivity index (χ2v) is 5.58. The van der Waals surface area contributed by atoms with Crippen molar-refractivity contribution in [3.05, 3.63) is 24.3 Å². The van der Waals surface area contributed by atoms with Crippen LogP contribution in [-0.2, 0) is 9.59 Å². The van der Waals surface area contributed by atoms with Gasteiger partial charge in [-0.2, -0.15) is 0 Å². The smallest absolute Gasteiger partial charge is 0.247 e. The van der Waals surface area contributed by atoms with Gasteiger partial charge in [0, 0.05) is 25.5 Å². The van der Waals surface area contributed by atoms with Gasteiger partial charge in [-0.3, -0.25) is 14.5 Å². The van der Waals surface area contributed by atoms with Gasteiger partial charge in [-0.25, -0.2) is 0 Å². The van der Waals surface area contributed by atoms with E-state index in [4.69, 9.17) is 0 Å². The second kappa shape index (κ2) is 5.53. The van der Waals surface area contributed by atoms with Crippen molar-refractivity contribution in [1.82, 2.24) is 5.32 Å². The average molecular weight is 275 g/mol. The number of amides is 2. The Bertz CT molecular complexity index is 508. The number of carbonyl (C=O) groups excluding carboxylic acids is 2. The first-order valence-electron chi connectivity index (χ1n) is 6.79. The number of piperazine rings is 1. The minimum atomic E-state index is -0.443. The molecule has 0 radical (unpaired) electrons. The Balaban J connectivity index is 2.35. The van der Waals surface area contributed by atoms with E-state index in [0.29, 0.717) is 0 Å². The monoisotopic (exact) mass is 275 g/mol. The number of hydrogen-bond donors (Lipinski definition) is 1. The molecular weight excluding hydrogens is 254 g/mol. The summed E-state index contributed by atoms with van der Waals surface area (Å²) in [4.78, 5) is 27.8. The highest BCUT2D eigenvalue weighted by molar-refractivity contribution is 6.06. The minimum absolute atomic E-state index is 0.0628. The molecular formula is C15H21N3O2. The molecule has 20 heavy (non-hydrogen) atoms. The van der Waals surface area contributed by atoms with Crippen LogP contribution in [0.5, 0.6) is 0 Å². The lowest BCUT2D eigenvalue weighted by molar-refractivity contribution is -0.131. The van der Waals surface area contributed by atoms with E-state index in [2.05, 4.69) is 5.32 Å². The van der Waals surface area contributed by atoms with Gasteiger partial charge in [0.25, 0.3) is 0 Å². The standard InChI is InChI=1S/C15H21N3O2/c1-10(2)14-15(20)16-9-13(19)18(14)12-7-5-11(6-8-12)17(3)4/h5-8,10,14H,9H2,1-4H3,(H,16,20). The Morgan fingerprint density at radius 2 is 1.80 bits per heavy atom. The van der Waals surface area contributed by atoms with Crippen molar-refractivity contribution in [2.45, 2.75) is 19.9 Å². The fourth-order valence-corrected chi connectivity index (χ4v) is 2.44. The van der Waals surface area contributed by atoms with Crippen LogP contribution in [0.25, 0.3) is 0 Å². The third-order valence-corrected chi connectivity index (χ3v) is 3.51. The molecule has 1 aliphatic rings. The molecule has 5 heteroatoms. The normalized spacial score (nSPS) is 19.2. The van der Waals surface area contributed by atoms with Crippen LogP contribution >= 0.6 is 0 Å². The van der Waals surface area contributed by atoms with Gasteiger partial charge in [-0.1, -0.05) is 13.8 Å². The van der Waals surface area contributed by atoms with Crippen LogP contribution in [0.1, 0.15) is 13.8 Å². The third kappa shape index (κ3) is 2.61. The largest absolute Gasteiger partial charge is 0.378 e. The lowest BCUT2D eigenvalue weighted by Crippen LogP contribution is -2.60. The highest BCUT2D eigenvalue weighted by Crippen LogP contribution is 2.25. The molecule has 0 spiro atoms. The second-order valence-electron chi connectivity index (χ2n) is 5.58. The third-order valence-electron chi connectivity index (χ3n) is 3.51. The molecule has 0 saturated carbocycles. The van der Waals surface area contributed by atoms with Crippen molar-refractivity contribution in [3.8, 4) is 0 Å². The summed E-state index contributed by atoms with van der Waals surface area (Å²) in [5, 5.41) is 2.65. The summed E-state index contributed by atoms with van der Waals surface area (Å²) >= 11 is 0. The molecule has 1 unspecified atom stereocenters. The van der Waals surface area contributed by atoms with E-state index in [1.54, 1.807) is 4.90 Å². The molecule has 0 bridgehead atoms. The molecule has 1 aromatic rings. The molecule has 1 atom stereocenters. The number of hydrogen-bond acceptors (Lipinski definition) is 3. The number of nitrogens with one attached hydrogen (secondary N) is 1. The Morgan fingerprint density at radius 1 is 1.20 bits per heavy atom. The Hall–Kier alpha value is -2.04. The summed E-state index contributed by atoms with van der Waals surface area (Å²) in [6.45, 7) is 3.96. The molecule has 108 valence electrons. The molecule has 2 rings (SSSR count). The molecule has 0 aliphatic carbocycles. The van der Waals surface area contributed by atoms with E-state index in [9.17, 15) is 9.59 Å². The van der Waals surface area contributed by atoms with E-state index >= 15 is 0 Å². The van der Waals surface area contributed by atoms with Gasteiger partial charge in [0.15, 0.2) is 0 Å². The van der Waals surface area contributed by atoms with Crippen LogP contribution < -0.4 is 15.1 Å². The minimum Gasteiger partial charge on any atom is -0.378 e. The van der Waals surface area contributed by atoms with Crippen molar-refractivity contribution >= 4 is 23.2 Å². The SMILES string of the molecule is CC(C)C1C(=O)NCC(=O)N1c1ccc(N(C)C)cc1. The molecule has 0 aromatic heterocycles. The van der Waals surface area contributed by atoms with E-state index in [1.807, 2.05) is 57.1 Å². The molecule has 1 aromatic carbocycles. The number of nitrogens with zero attached hydrogens (tertiary/aromatic N) is 2. The van der Waals surface area contributed by atoms with Gasteiger partial charge in [0.2, 0.25) is 11.8 Å². The van der Waals surface area contributed by atoms with Crippen molar-refractivity contribution in [2.24, 2.45) is 5.92 Å². The van der Waals surface area contributed by atoms with E-state index < -0.39 is 6.04 Å². The van der Waals surface area contributed by atoms with Crippen molar-refractivity contribution < 1.29 is 9.59 Å². The first-order chi connectivity index (χ1) is 9.41. The Morgan fingerprint density at radius 3 is 2.30 bits per heavy atom. The lowest BCUT2D eigenvalue weighted by Gasteiger charge is -2.37. The fraction of sp³-hybridized carbons (Fsp3) is 0.467. The zero-order valence-corrected chi connectivity index (χ0v) is 12.4. The maximum Gasteiger partial charge on any atom is 0.247 e. The van der Waals surface area contributed by atoms with E-state index in [0.717, 1.165) is 11.4 Å². The zero-order chi connectivity index (χ0) is 14.9. The van der Waals surface area contributed by atoms with Gasteiger partial charge < -0.3 is 10.2 Å². The van der Waals surface area contributed by atoms with Crippen LogP contribution in [0, 0.1) is 5.92 Å². The molecule has 1 fully saturated rings. The van der Waals surface area contributed by atoms with Gasteiger partial charge in [0.05, 0.1) is 6.54 Å². The zero-order valence-electron chi connectivity index (χ0n) is 12.4. The van der Waals surface area contributed by atoms with Crippen LogP contribution in [0.15, 0.2) is 24.3 Å². The van der Waals surface area contributed by atoms with Gasteiger partial charge >= 0.3 is 0 Å². The number of anilines is 2. The van der Waals surface area contributed by atoms with Gasteiger partial charge in [-0.05, 0) is 30.2 Å². The first-order valence-corrected chi connectivity index (χ1v) is 6.79.